The van der Waals surface area contributed by atoms with Crippen LogP contribution in [0.15, 0.2) is 27.9 Å². The first-order valence-electron chi connectivity index (χ1n) is 9.17. The topological polar surface area (TPSA) is 128 Å². The van der Waals surface area contributed by atoms with Crippen molar-refractivity contribution < 1.29 is 27.4 Å². The van der Waals surface area contributed by atoms with Crippen LogP contribution in [-0.4, -0.2) is 41.8 Å². The molecule has 30 heavy (non-hydrogen) atoms. The quantitative estimate of drug-likeness (QED) is 0.730. The van der Waals surface area contributed by atoms with E-state index >= 15 is 0 Å². The first-order chi connectivity index (χ1) is 13.9. The van der Waals surface area contributed by atoms with Crippen molar-refractivity contribution in [2.75, 3.05) is 12.9 Å². The average Bonchev–Trinajstić information content (AvgIpc) is 2.80. The number of hydrogen-bond donors (Lipinski definition) is 2. The number of benzene rings is 1. The lowest BCUT2D eigenvalue weighted by molar-refractivity contribution is -0.0227. The van der Waals surface area contributed by atoms with E-state index in [1.807, 2.05) is 0 Å². The van der Waals surface area contributed by atoms with Crippen LogP contribution < -0.4 is 10.9 Å². The van der Waals surface area contributed by atoms with Gasteiger partial charge in [-0.15, -0.1) is 0 Å². The SMILES string of the molecule is CC1(C)OCCCn2c1nc(C(=O)NCc1ccc(F)cc1S(C)(=O)=O)c(O)c2=O. The molecule has 0 spiro atoms. The number of carbonyl (C=O) groups is 1. The molecule has 2 aromatic rings. The fraction of sp³-hybridized carbons (Fsp3) is 0.421. The first-order valence-corrected chi connectivity index (χ1v) is 11.1. The van der Waals surface area contributed by atoms with Gasteiger partial charge in [0.25, 0.3) is 11.5 Å². The van der Waals surface area contributed by atoms with Gasteiger partial charge in [0.2, 0.25) is 5.75 Å². The number of nitrogens with one attached hydrogen (secondary N) is 1. The summed E-state index contributed by atoms with van der Waals surface area (Å²) in [6.07, 6.45) is 1.47. The number of carbonyl (C=O) groups excluding carboxylic acids is 1. The molecule has 0 bridgehead atoms. The lowest BCUT2D eigenvalue weighted by Gasteiger charge is -2.24. The molecule has 9 nitrogen and oxygen atoms in total. The summed E-state index contributed by atoms with van der Waals surface area (Å²) in [5.41, 5.74) is -2.06. The van der Waals surface area contributed by atoms with Gasteiger partial charge in [0.15, 0.2) is 15.5 Å². The van der Waals surface area contributed by atoms with E-state index in [0.29, 0.717) is 13.0 Å². The van der Waals surface area contributed by atoms with Gasteiger partial charge in [-0.1, -0.05) is 6.07 Å². The monoisotopic (exact) mass is 439 g/mol. The summed E-state index contributed by atoms with van der Waals surface area (Å²) in [4.78, 5) is 29.2. The summed E-state index contributed by atoms with van der Waals surface area (Å²) in [5.74, 6) is -2.22. The van der Waals surface area contributed by atoms with Gasteiger partial charge in [0.05, 0.1) is 4.90 Å². The highest BCUT2D eigenvalue weighted by Crippen LogP contribution is 2.27. The van der Waals surface area contributed by atoms with E-state index in [9.17, 15) is 27.5 Å². The second-order valence-corrected chi connectivity index (χ2v) is 9.49. The van der Waals surface area contributed by atoms with Crippen molar-refractivity contribution in [3.63, 3.8) is 0 Å². The fourth-order valence-corrected chi connectivity index (χ4v) is 4.21. The van der Waals surface area contributed by atoms with Crippen LogP contribution in [0.5, 0.6) is 5.75 Å². The molecule has 0 radical (unpaired) electrons. The third kappa shape index (κ3) is 4.21. The van der Waals surface area contributed by atoms with Crippen molar-refractivity contribution in [1.29, 1.82) is 0 Å². The standard InChI is InChI=1S/C19H22FN3O6S/c1-19(2)18-22-14(15(24)17(26)23(18)7-4-8-29-19)16(25)21-10-11-5-6-12(20)9-13(11)30(3,27)28/h5-6,9,24H,4,7-8,10H2,1-3H3,(H,21,25). The molecule has 1 aromatic heterocycles. The number of hydrogen-bond acceptors (Lipinski definition) is 7. The molecular weight excluding hydrogens is 417 g/mol. The number of halogens is 1. The molecule has 0 fully saturated rings. The number of nitrogens with zero attached hydrogens (tertiary/aromatic N) is 2. The zero-order valence-corrected chi connectivity index (χ0v) is 17.5. The highest BCUT2D eigenvalue weighted by Gasteiger charge is 2.33. The Morgan fingerprint density at radius 3 is 2.77 bits per heavy atom. The minimum atomic E-state index is -3.74. The summed E-state index contributed by atoms with van der Waals surface area (Å²) >= 11 is 0. The van der Waals surface area contributed by atoms with Gasteiger partial charge in [0, 0.05) is 26.0 Å². The molecule has 1 amide bonds. The molecule has 0 saturated carbocycles. The lowest BCUT2D eigenvalue weighted by Crippen LogP contribution is -2.35. The molecular formula is C19H22FN3O6S. The molecule has 0 aliphatic carbocycles. The van der Waals surface area contributed by atoms with Crippen LogP contribution in [-0.2, 0) is 33.3 Å². The van der Waals surface area contributed by atoms with Crippen LogP contribution in [0.1, 0.15) is 42.1 Å². The van der Waals surface area contributed by atoms with Crippen LogP contribution in [0.4, 0.5) is 4.39 Å². The molecule has 2 heterocycles. The number of fused-ring (bicyclic) bond motifs is 1. The van der Waals surface area contributed by atoms with Crippen LogP contribution in [0.25, 0.3) is 0 Å². The van der Waals surface area contributed by atoms with E-state index in [0.717, 1.165) is 18.4 Å². The zero-order valence-electron chi connectivity index (χ0n) is 16.7. The second-order valence-electron chi connectivity index (χ2n) is 7.51. The van der Waals surface area contributed by atoms with Gasteiger partial charge >= 0.3 is 0 Å². The van der Waals surface area contributed by atoms with Crippen LogP contribution in [0.3, 0.4) is 0 Å². The summed E-state index contributed by atoms with van der Waals surface area (Å²) in [5, 5.41) is 12.7. The maximum absolute atomic E-state index is 13.5. The van der Waals surface area contributed by atoms with Crippen molar-refractivity contribution in [2.45, 2.75) is 43.9 Å². The number of ether oxygens (including phenoxy) is 1. The van der Waals surface area contributed by atoms with E-state index in [4.69, 9.17) is 4.74 Å². The van der Waals surface area contributed by atoms with Crippen molar-refractivity contribution in [3.8, 4) is 5.75 Å². The highest BCUT2D eigenvalue weighted by molar-refractivity contribution is 7.90. The van der Waals surface area contributed by atoms with Crippen molar-refractivity contribution in [3.05, 3.63) is 51.5 Å². The van der Waals surface area contributed by atoms with Gasteiger partial charge in [-0.25, -0.2) is 17.8 Å². The van der Waals surface area contributed by atoms with Crippen molar-refractivity contribution >= 4 is 15.7 Å². The average molecular weight is 439 g/mol. The maximum Gasteiger partial charge on any atom is 0.296 e. The Bertz CT molecular complexity index is 1170. The van der Waals surface area contributed by atoms with Gasteiger partial charge in [0.1, 0.15) is 17.2 Å². The van der Waals surface area contributed by atoms with Crippen molar-refractivity contribution in [2.24, 2.45) is 0 Å². The minimum Gasteiger partial charge on any atom is -0.501 e. The van der Waals surface area contributed by atoms with E-state index in [-0.39, 0.29) is 29.4 Å². The van der Waals surface area contributed by atoms with Crippen LogP contribution >= 0.6 is 0 Å². The smallest absolute Gasteiger partial charge is 0.296 e. The fourth-order valence-electron chi connectivity index (χ4n) is 3.26. The number of aromatic nitrogens is 2. The minimum absolute atomic E-state index is 0.155. The largest absolute Gasteiger partial charge is 0.501 e. The van der Waals surface area contributed by atoms with Gasteiger partial charge in [-0.05, 0) is 38.0 Å². The third-order valence-corrected chi connectivity index (χ3v) is 5.94. The van der Waals surface area contributed by atoms with E-state index < -0.39 is 44.2 Å². The zero-order chi connectivity index (χ0) is 22.3. The molecule has 3 rings (SSSR count). The second kappa shape index (κ2) is 7.80. The molecule has 0 saturated heterocycles. The predicted molar refractivity (Wildman–Crippen MR) is 104 cm³/mol. The Kier molecular flexibility index (Phi) is 5.70. The Hall–Kier alpha value is -2.79. The van der Waals surface area contributed by atoms with Gasteiger partial charge in [-0.2, -0.15) is 0 Å². The van der Waals surface area contributed by atoms with Crippen LogP contribution in [0.2, 0.25) is 0 Å². The molecule has 0 unspecified atom stereocenters. The Morgan fingerprint density at radius 2 is 2.10 bits per heavy atom. The Balaban J connectivity index is 1.95. The molecule has 0 atom stereocenters. The number of sulfone groups is 1. The Labute approximate surface area is 172 Å². The molecule has 2 N–H and O–H groups in total. The number of aromatic hydroxyl groups is 1. The highest BCUT2D eigenvalue weighted by atomic mass is 32.2. The summed E-state index contributed by atoms with van der Waals surface area (Å²) in [6.45, 7) is 3.80. The van der Waals surface area contributed by atoms with E-state index in [1.165, 1.54) is 10.6 Å². The molecule has 11 heteroatoms. The van der Waals surface area contributed by atoms with E-state index in [1.54, 1.807) is 13.8 Å². The number of amides is 1. The van der Waals surface area contributed by atoms with Gasteiger partial charge in [-0.3, -0.25) is 14.2 Å². The summed E-state index contributed by atoms with van der Waals surface area (Å²) < 4.78 is 44.2. The van der Waals surface area contributed by atoms with E-state index in [2.05, 4.69) is 10.3 Å². The molecule has 1 aliphatic heterocycles. The maximum atomic E-state index is 13.5. The lowest BCUT2D eigenvalue weighted by atomic mass is 10.1. The normalized spacial score (nSPS) is 15.9. The third-order valence-electron chi connectivity index (χ3n) is 4.76. The molecule has 162 valence electrons. The summed E-state index contributed by atoms with van der Waals surface area (Å²) in [7, 11) is -3.74. The van der Waals surface area contributed by atoms with Crippen molar-refractivity contribution in [1.82, 2.24) is 14.9 Å². The first kappa shape index (κ1) is 21.9. The molecule has 1 aromatic carbocycles. The van der Waals surface area contributed by atoms with Gasteiger partial charge < -0.3 is 15.2 Å². The van der Waals surface area contributed by atoms with Crippen LogP contribution in [0, 0.1) is 5.82 Å². The molecule has 1 aliphatic rings. The number of rotatable bonds is 4. The summed E-state index contributed by atoms with van der Waals surface area (Å²) in [6, 6.07) is 3.17. The Morgan fingerprint density at radius 1 is 1.40 bits per heavy atom. The predicted octanol–water partition coefficient (Wildman–Crippen LogP) is 1.08.